The summed E-state index contributed by atoms with van der Waals surface area (Å²) in [6.07, 6.45) is 10.1. The van der Waals surface area contributed by atoms with E-state index in [0.717, 1.165) is 44.1 Å². The average molecular weight is 476 g/mol. The van der Waals surface area contributed by atoms with Gasteiger partial charge in [-0.25, -0.2) is 0 Å². The zero-order valence-electron chi connectivity index (χ0n) is 21.0. The molecule has 2 N–H and O–H groups in total. The Morgan fingerprint density at radius 1 is 1.18 bits per heavy atom. The predicted octanol–water partition coefficient (Wildman–Crippen LogP) is 3.10. The highest BCUT2D eigenvalue weighted by atomic mass is 16.6. The quantitative estimate of drug-likeness (QED) is 0.434. The molecule has 3 heterocycles. The van der Waals surface area contributed by atoms with E-state index in [-0.39, 0.29) is 53.5 Å². The number of carbonyl (C=O) groups is 2. The molecule has 190 valence electrons. The third kappa shape index (κ3) is 5.64. The van der Waals surface area contributed by atoms with Gasteiger partial charge in [0.2, 0.25) is 5.91 Å². The molecule has 2 unspecified atom stereocenters. The second kappa shape index (κ2) is 10.6. The van der Waals surface area contributed by atoms with Gasteiger partial charge in [-0.15, -0.1) is 0 Å². The molecule has 3 aliphatic heterocycles. The largest absolute Gasteiger partial charge is 0.387 e. The molecule has 1 saturated carbocycles. The molecule has 4 rings (SSSR count). The minimum absolute atomic E-state index is 0.00942. The van der Waals surface area contributed by atoms with Crippen molar-refractivity contribution in [3.63, 3.8) is 0 Å². The molecule has 1 amide bonds. The van der Waals surface area contributed by atoms with E-state index in [1.807, 2.05) is 26.0 Å². The summed E-state index contributed by atoms with van der Waals surface area (Å²) >= 11 is 0. The number of epoxide rings is 1. The van der Waals surface area contributed by atoms with Crippen LogP contribution in [0.2, 0.25) is 0 Å². The highest BCUT2D eigenvalue weighted by Gasteiger charge is 2.55. The molecular formula is C27H41NO6. The lowest BCUT2D eigenvalue weighted by atomic mass is 9.86. The van der Waals surface area contributed by atoms with Gasteiger partial charge in [-0.05, 0) is 52.4 Å². The van der Waals surface area contributed by atoms with Gasteiger partial charge in [0.05, 0.1) is 31.5 Å². The van der Waals surface area contributed by atoms with Gasteiger partial charge in [-0.2, -0.15) is 0 Å². The number of ether oxygens (including phenoxy) is 3. The lowest BCUT2D eigenvalue weighted by molar-refractivity contribution is -0.136. The molecule has 3 saturated heterocycles. The molecule has 4 fully saturated rings. The number of carbonyl (C=O) groups excluding carboxylic acids is 2. The fraction of sp³-hybridized carbons (Fsp3) is 0.778. The second-order valence-electron chi connectivity index (χ2n) is 10.9. The highest BCUT2D eigenvalue weighted by Crippen LogP contribution is 2.40. The van der Waals surface area contributed by atoms with E-state index in [0.29, 0.717) is 19.1 Å². The third-order valence-corrected chi connectivity index (χ3v) is 8.34. The van der Waals surface area contributed by atoms with Gasteiger partial charge in [-0.1, -0.05) is 37.1 Å². The van der Waals surface area contributed by atoms with E-state index in [1.165, 1.54) is 0 Å². The van der Waals surface area contributed by atoms with E-state index in [9.17, 15) is 14.7 Å². The van der Waals surface area contributed by atoms with Gasteiger partial charge >= 0.3 is 0 Å². The molecule has 0 bridgehead atoms. The van der Waals surface area contributed by atoms with E-state index in [1.54, 1.807) is 6.92 Å². The van der Waals surface area contributed by atoms with Crippen LogP contribution in [-0.4, -0.2) is 66.1 Å². The average Bonchev–Trinajstić information content (AvgIpc) is 3.38. The summed E-state index contributed by atoms with van der Waals surface area (Å²) in [5.41, 5.74) is 0.714. The Labute approximate surface area is 203 Å². The topological polar surface area (TPSA) is 97.4 Å². The van der Waals surface area contributed by atoms with Crippen molar-refractivity contribution in [2.75, 3.05) is 13.2 Å². The summed E-state index contributed by atoms with van der Waals surface area (Å²) in [4.78, 5) is 24.8. The van der Waals surface area contributed by atoms with Crippen LogP contribution in [0.1, 0.15) is 66.2 Å². The number of rotatable bonds is 7. The van der Waals surface area contributed by atoms with E-state index in [4.69, 9.17) is 14.2 Å². The van der Waals surface area contributed by atoms with Gasteiger partial charge in [0, 0.05) is 18.3 Å². The number of amides is 1. The molecule has 4 aliphatic rings. The Kier molecular flexibility index (Phi) is 7.97. The number of nitrogens with one attached hydrogen (secondary N) is 1. The zero-order chi connectivity index (χ0) is 24.5. The van der Waals surface area contributed by atoms with Gasteiger partial charge in [0.25, 0.3) is 0 Å². The van der Waals surface area contributed by atoms with Crippen LogP contribution >= 0.6 is 0 Å². The molecule has 9 atom stereocenters. The zero-order valence-corrected chi connectivity index (χ0v) is 21.0. The summed E-state index contributed by atoms with van der Waals surface area (Å²) in [5, 5.41) is 13.7. The van der Waals surface area contributed by atoms with Crippen LogP contribution in [0, 0.1) is 17.8 Å². The minimum atomic E-state index is -0.616. The van der Waals surface area contributed by atoms with Crippen LogP contribution in [-0.2, 0) is 23.8 Å². The normalized spacial score (nSPS) is 42.8. The number of hydrogen-bond acceptors (Lipinski definition) is 6. The fourth-order valence-electron chi connectivity index (χ4n) is 5.85. The Morgan fingerprint density at radius 3 is 2.62 bits per heavy atom. The smallest absolute Gasteiger partial charge is 0.224 e. The van der Waals surface area contributed by atoms with Crippen LogP contribution in [0.3, 0.4) is 0 Å². The van der Waals surface area contributed by atoms with Gasteiger partial charge < -0.3 is 24.6 Å². The first-order chi connectivity index (χ1) is 16.2. The number of allylic oxidation sites excluding steroid dienone is 2. The Bertz CT molecular complexity index is 818. The monoisotopic (exact) mass is 475 g/mol. The third-order valence-electron chi connectivity index (χ3n) is 8.34. The SMILES string of the molecule is CC(=O)C1CCC[C@H]1C(=O)N[C@@H]1C[C@H](C)[C@H](C/C=C(C)/C=C/C2OCC[C@@]3(CO3)[C@@H]2O)O[C@@H]1C. The lowest BCUT2D eigenvalue weighted by Crippen LogP contribution is -2.52. The lowest BCUT2D eigenvalue weighted by Gasteiger charge is -2.39. The number of hydrogen-bond donors (Lipinski definition) is 2. The van der Waals surface area contributed by atoms with Gasteiger partial charge in [0.1, 0.15) is 23.6 Å². The standard InChI is InChI=1S/C27H41NO6/c1-16(9-11-24-25(30)27(15-33-27)12-13-32-24)8-10-23-17(2)14-22(19(4)34-23)28-26(31)21-7-5-6-20(21)18(3)29/h8-9,11,17,19-25,30H,5-7,10,12-15H2,1-4H3,(H,28,31)/b11-9+,16-8+/t17-,19+,20?,21+,22+,23-,24?,25+,27+/m0/s1. The van der Waals surface area contributed by atoms with Crippen molar-refractivity contribution in [3.05, 3.63) is 23.8 Å². The van der Waals surface area contributed by atoms with E-state index in [2.05, 4.69) is 18.3 Å². The molecule has 0 aromatic heterocycles. The first-order valence-electron chi connectivity index (χ1n) is 12.9. The molecule has 7 nitrogen and oxygen atoms in total. The van der Waals surface area contributed by atoms with Crippen molar-refractivity contribution in [3.8, 4) is 0 Å². The highest BCUT2D eigenvalue weighted by molar-refractivity contribution is 5.88. The van der Waals surface area contributed by atoms with Crippen molar-refractivity contribution < 1.29 is 28.9 Å². The number of ketones is 1. The first-order valence-corrected chi connectivity index (χ1v) is 12.9. The predicted molar refractivity (Wildman–Crippen MR) is 128 cm³/mol. The molecule has 1 aliphatic carbocycles. The van der Waals surface area contributed by atoms with E-state index < -0.39 is 6.10 Å². The van der Waals surface area contributed by atoms with Crippen molar-refractivity contribution in [1.82, 2.24) is 5.32 Å². The fourth-order valence-corrected chi connectivity index (χ4v) is 5.85. The Hall–Kier alpha value is -1.54. The van der Waals surface area contributed by atoms with Crippen molar-refractivity contribution in [1.29, 1.82) is 0 Å². The number of aliphatic hydroxyl groups excluding tert-OH is 1. The van der Waals surface area contributed by atoms with Crippen LogP contribution in [0.5, 0.6) is 0 Å². The molecule has 0 aromatic carbocycles. The maximum absolute atomic E-state index is 12.9. The second-order valence-corrected chi connectivity index (χ2v) is 10.9. The van der Waals surface area contributed by atoms with Gasteiger partial charge in [0.15, 0.2) is 0 Å². The van der Waals surface area contributed by atoms with E-state index >= 15 is 0 Å². The van der Waals surface area contributed by atoms with Crippen molar-refractivity contribution in [2.45, 2.75) is 102 Å². The summed E-state index contributed by atoms with van der Waals surface area (Å²) in [7, 11) is 0. The molecule has 0 radical (unpaired) electrons. The summed E-state index contributed by atoms with van der Waals surface area (Å²) < 4.78 is 17.5. The number of aliphatic hydroxyl groups is 1. The maximum Gasteiger partial charge on any atom is 0.224 e. The molecule has 1 spiro atoms. The van der Waals surface area contributed by atoms with Gasteiger partial charge in [-0.3, -0.25) is 9.59 Å². The van der Waals surface area contributed by atoms with Crippen LogP contribution in [0.4, 0.5) is 0 Å². The molecule has 0 aromatic rings. The van der Waals surface area contributed by atoms with Crippen LogP contribution in [0.25, 0.3) is 0 Å². The van der Waals surface area contributed by atoms with Crippen LogP contribution < -0.4 is 5.32 Å². The molecule has 34 heavy (non-hydrogen) atoms. The molecule has 7 heteroatoms. The summed E-state index contributed by atoms with van der Waals surface area (Å²) in [5.74, 6) is 0.115. The molecular weight excluding hydrogens is 434 g/mol. The summed E-state index contributed by atoms with van der Waals surface area (Å²) in [6, 6.07) is -0.0289. The maximum atomic E-state index is 12.9. The summed E-state index contributed by atoms with van der Waals surface area (Å²) in [6.45, 7) is 9.06. The number of Topliss-reactive ketones (excluding diaryl/α,β-unsaturated/α-hetero) is 1. The van der Waals surface area contributed by atoms with Crippen molar-refractivity contribution in [2.24, 2.45) is 17.8 Å². The first kappa shape index (κ1) is 25.5. The van der Waals surface area contributed by atoms with Crippen LogP contribution in [0.15, 0.2) is 23.8 Å². The Balaban J connectivity index is 1.26. The Morgan fingerprint density at radius 2 is 1.91 bits per heavy atom. The van der Waals surface area contributed by atoms with Crippen molar-refractivity contribution >= 4 is 11.7 Å². The minimum Gasteiger partial charge on any atom is -0.387 e.